The number of hydrogen-bond acceptors (Lipinski definition) is 4. The van der Waals surface area contributed by atoms with Gasteiger partial charge in [-0.3, -0.25) is 0 Å². The Labute approximate surface area is 131 Å². The second-order valence-electron chi connectivity index (χ2n) is 5.01. The van der Waals surface area contributed by atoms with Gasteiger partial charge in [-0.05, 0) is 42.7 Å². The number of allylic oxidation sites excluding steroid dienone is 3. The highest BCUT2D eigenvalue weighted by Crippen LogP contribution is 2.21. The molecule has 118 valence electrons. The van der Waals surface area contributed by atoms with Gasteiger partial charge in [0.15, 0.2) is 5.82 Å². The molecule has 0 saturated carbocycles. The van der Waals surface area contributed by atoms with Crippen molar-refractivity contribution in [2.45, 2.75) is 12.8 Å². The quantitative estimate of drug-likeness (QED) is 0.918. The summed E-state index contributed by atoms with van der Waals surface area (Å²) < 4.78 is 20.3. The third-order valence-corrected chi connectivity index (χ3v) is 3.37. The minimum Gasteiger partial charge on any atom is -0.478 e. The van der Waals surface area contributed by atoms with Crippen molar-refractivity contribution in [3.63, 3.8) is 0 Å². The highest BCUT2D eigenvalue weighted by atomic mass is 19.1. The summed E-state index contributed by atoms with van der Waals surface area (Å²) in [6.07, 6.45) is 7.33. The smallest absolute Gasteiger partial charge is 0.335 e. The SMILES string of the molecule is O=C(O)c1ccnc(-n2nccc2OCC2=CC(F)=CCC2)c1. The lowest BCUT2D eigenvalue weighted by Crippen LogP contribution is -2.09. The van der Waals surface area contributed by atoms with Gasteiger partial charge in [-0.1, -0.05) is 0 Å². The molecule has 0 atom stereocenters. The van der Waals surface area contributed by atoms with Crippen LogP contribution in [-0.4, -0.2) is 32.4 Å². The number of aromatic nitrogens is 3. The van der Waals surface area contributed by atoms with Crippen LogP contribution < -0.4 is 4.74 Å². The molecule has 23 heavy (non-hydrogen) atoms. The standard InChI is InChI=1S/C16H14FN3O3/c17-13-3-1-2-11(8-13)10-23-15-5-7-19-20(15)14-9-12(16(21)22)4-6-18-14/h3-9H,1-2,10H2,(H,21,22). The van der Waals surface area contributed by atoms with Gasteiger partial charge >= 0.3 is 5.97 Å². The Kier molecular flexibility index (Phi) is 4.18. The van der Waals surface area contributed by atoms with Crippen LogP contribution in [-0.2, 0) is 0 Å². The van der Waals surface area contributed by atoms with E-state index in [1.165, 1.54) is 41.4 Å². The third kappa shape index (κ3) is 3.45. The predicted molar refractivity (Wildman–Crippen MR) is 80.3 cm³/mol. The number of hydrogen-bond donors (Lipinski definition) is 1. The molecule has 2 heterocycles. The maximum atomic E-state index is 13.2. The van der Waals surface area contributed by atoms with Crippen LogP contribution in [0.5, 0.6) is 5.88 Å². The molecule has 0 unspecified atom stereocenters. The van der Waals surface area contributed by atoms with Crippen LogP contribution >= 0.6 is 0 Å². The highest BCUT2D eigenvalue weighted by molar-refractivity contribution is 5.87. The average Bonchev–Trinajstić information content (AvgIpc) is 3.01. The van der Waals surface area contributed by atoms with E-state index < -0.39 is 5.97 Å². The molecule has 0 saturated heterocycles. The molecule has 1 aliphatic carbocycles. The van der Waals surface area contributed by atoms with E-state index >= 15 is 0 Å². The van der Waals surface area contributed by atoms with Gasteiger partial charge in [0, 0.05) is 12.3 Å². The summed E-state index contributed by atoms with van der Waals surface area (Å²) in [5, 5.41) is 13.1. The summed E-state index contributed by atoms with van der Waals surface area (Å²) >= 11 is 0. The van der Waals surface area contributed by atoms with E-state index in [0.717, 1.165) is 12.0 Å². The number of aromatic carboxylic acids is 1. The monoisotopic (exact) mass is 315 g/mol. The zero-order valence-electron chi connectivity index (χ0n) is 12.1. The van der Waals surface area contributed by atoms with Crippen molar-refractivity contribution in [3.05, 3.63) is 59.7 Å². The molecule has 1 N–H and O–H groups in total. The van der Waals surface area contributed by atoms with Crippen molar-refractivity contribution in [3.8, 4) is 11.7 Å². The van der Waals surface area contributed by atoms with Crippen LogP contribution in [0.25, 0.3) is 5.82 Å². The van der Waals surface area contributed by atoms with Gasteiger partial charge in [-0.15, -0.1) is 0 Å². The Balaban J connectivity index is 1.79. The van der Waals surface area contributed by atoms with E-state index in [1.807, 2.05) is 0 Å². The highest BCUT2D eigenvalue weighted by Gasteiger charge is 2.12. The van der Waals surface area contributed by atoms with Crippen LogP contribution in [0.2, 0.25) is 0 Å². The van der Waals surface area contributed by atoms with Crippen LogP contribution in [0.4, 0.5) is 4.39 Å². The summed E-state index contributed by atoms with van der Waals surface area (Å²) in [7, 11) is 0. The Morgan fingerprint density at radius 1 is 1.39 bits per heavy atom. The maximum Gasteiger partial charge on any atom is 0.335 e. The van der Waals surface area contributed by atoms with Crippen LogP contribution in [0.1, 0.15) is 23.2 Å². The molecule has 0 bridgehead atoms. The number of nitrogens with zero attached hydrogens (tertiary/aromatic N) is 3. The number of rotatable bonds is 5. The second kappa shape index (κ2) is 6.43. The van der Waals surface area contributed by atoms with E-state index in [2.05, 4.69) is 10.1 Å². The van der Waals surface area contributed by atoms with E-state index in [1.54, 1.807) is 6.07 Å². The fourth-order valence-corrected chi connectivity index (χ4v) is 2.24. The molecule has 0 spiro atoms. The molecule has 0 fully saturated rings. The molecule has 6 nitrogen and oxygen atoms in total. The number of halogens is 1. The molecule has 0 aromatic carbocycles. The van der Waals surface area contributed by atoms with Crippen molar-refractivity contribution >= 4 is 5.97 Å². The normalized spacial score (nSPS) is 14.1. The van der Waals surface area contributed by atoms with Crippen LogP contribution in [0.15, 0.2) is 54.1 Å². The van der Waals surface area contributed by atoms with Gasteiger partial charge in [0.1, 0.15) is 12.4 Å². The Bertz CT molecular complexity index is 795. The molecule has 7 heteroatoms. The Morgan fingerprint density at radius 3 is 3.04 bits per heavy atom. The molecular formula is C16H14FN3O3. The minimum atomic E-state index is -1.04. The maximum absolute atomic E-state index is 13.2. The van der Waals surface area contributed by atoms with Crippen molar-refractivity contribution in [1.82, 2.24) is 14.8 Å². The summed E-state index contributed by atoms with van der Waals surface area (Å²) in [6.45, 7) is 0.242. The van der Waals surface area contributed by atoms with E-state index in [4.69, 9.17) is 9.84 Å². The molecule has 2 aromatic heterocycles. The average molecular weight is 315 g/mol. The first-order valence-corrected chi connectivity index (χ1v) is 7.05. The van der Waals surface area contributed by atoms with Gasteiger partial charge in [0.05, 0.1) is 11.8 Å². The third-order valence-electron chi connectivity index (χ3n) is 3.37. The largest absolute Gasteiger partial charge is 0.478 e. The molecular weight excluding hydrogens is 301 g/mol. The van der Waals surface area contributed by atoms with Gasteiger partial charge < -0.3 is 9.84 Å². The van der Waals surface area contributed by atoms with Crippen molar-refractivity contribution < 1.29 is 19.0 Å². The fraction of sp³-hybridized carbons (Fsp3) is 0.188. The first-order valence-electron chi connectivity index (χ1n) is 7.05. The molecule has 0 radical (unpaired) electrons. The lowest BCUT2D eigenvalue weighted by atomic mass is 10.1. The van der Waals surface area contributed by atoms with Crippen LogP contribution in [0.3, 0.4) is 0 Å². The molecule has 1 aliphatic rings. The number of carboxylic acids is 1. The summed E-state index contributed by atoms with van der Waals surface area (Å²) in [5.41, 5.74) is 0.962. The van der Waals surface area contributed by atoms with Gasteiger partial charge in [0.2, 0.25) is 5.88 Å². The number of pyridine rings is 1. The number of carbonyl (C=O) groups is 1. The molecule has 0 aliphatic heterocycles. The topological polar surface area (TPSA) is 77.2 Å². The first-order chi connectivity index (χ1) is 11.1. The fourth-order valence-electron chi connectivity index (χ4n) is 2.24. The van der Waals surface area contributed by atoms with Crippen LogP contribution in [0, 0.1) is 0 Å². The first kappa shape index (κ1) is 15.0. The predicted octanol–water partition coefficient (Wildman–Crippen LogP) is 2.92. The van der Waals surface area contributed by atoms with Crippen molar-refractivity contribution in [2.75, 3.05) is 6.61 Å². The van der Waals surface area contributed by atoms with E-state index in [-0.39, 0.29) is 18.0 Å². The van der Waals surface area contributed by atoms with E-state index in [9.17, 15) is 9.18 Å². The minimum absolute atomic E-state index is 0.110. The van der Waals surface area contributed by atoms with E-state index in [0.29, 0.717) is 18.1 Å². The summed E-state index contributed by atoms with van der Waals surface area (Å²) in [4.78, 5) is 15.1. The molecule has 3 rings (SSSR count). The lowest BCUT2D eigenvalue weighted by Gasteiger charge is -2.12. The van der Waals surface area contributed by atoms with Gasteiger partial charge in [0.25, 0.3) is 0 Å². The van der Waals surface area contributed by atoms with Crippen molar-refractivity contribution in [2.24, 2.45) is 0 Å². The number of carboxylic acid groups (broad SMARTS) is 1. The summed E-state index contributed by atoms with van der Waals surface area (Å²) in [6, 6.07) is 4.45. The second-order valence-corrected chi connectivity index (χ2v) is 5.01. The summed E-state index contributed by atoms with van der Waals surface area (Å²) in [5.74, 6) is -0.540. The lowest BCUT2D eigenvalue weighted by molar-refractivity contribution is 0.0696. The Hall–Kier alpha value is -2.96. The molecule has 0 amide bonds. The molecule has 2 aromatic rings. The van der Waals surface area contributed by atoms with Gasteiger partial charge in [-0.25, -0.2) is 14.2 Å². The van der Waals surface area contributed by atoms with Crippen molar-refractivity contribution in [1.29, 1.82) is 0 Å². The number of ether oxygens (including phenoxy) is 1. The van der Waals surface area contributed by atoms with Gasteiger partial charge in [-0.2, -0.15) is 9.78 Å². The zero-order chi connectivity index (χ0) is 16.2. The Morgan fingerprint density at radius 2 is 2.26 bits per heavy atom. The zero-order valence-corrected chi connectivity index (χ0v) is 12.1.